The highest BCUT2D eigenvalue weighted by Crippen LogP contribution is 2.26. The third-order valence-electron chi connectivity index (χ3n) is 4.05. The lowest BCUT2D eigenvalue weighted by Crippen LogP contribution is -2.32. The molecule has 2 unspecified atom stereocenters. The van der Waals surface area contributed by atoms with Crippen molar-refractivity contribution >= 4 is 5.97 Å². The van der Waals surface area contributed by atoms with Crippen molar-refractivity contribution in [1.82, 2.24) is 4.90 Å². The lowest BCUT2D eigenvalue weighted by Gasteiger charge is -2.22. The summed E-state index contributed by atoms with van der Waals surface area (Å²) in [7, 11) is 1.39. The van der Waals surface area contributed by atoms with E-state index in [1.54, 1.807) is 12.1 Å². The van der Waals surface area contributed by atoms with Crippen molar-refractivity contribution in [1.29, 1.82) is 0 Å². The Balaban J connectivity index is 1.98. The molecule has 1 aliphatic rings. The Labute approximate surface area is 124 Å². The van der Waals surface area contributed by atoms with Crippen LogP contribution in [0.15, 0.2) is 24.3 Å². The predicted octanol–water partition coefficient (Wildman–Crippen LogP) is 2.34. The highest BCUT2D eigenvalue weighted by molar-refractivity contribution is 5.73. The van der Waals surface area contributed by atoms with E-state index >= 15 is 0 Å². The zero-order valence-corrected chi connectivity index (χ0v) is 12.5. The van der Waals surface area contributed by atoms with Gasteiger partial charge in [-0.15, -0.1) is 0 Å². The van der Waals surface area contributed by atoms with E-state index in [0.717, 1.165) is 26.1 Å². The molecule has 0 radical (unpaired) electrons. The molecule has 0 amide bonds. The fourth-order valence-corrected chi connectivity index (χ4v) is 2.77. The maximum Gasteiger partial charge on any atom is 0.312 e. The van der Waals surface area contributed by atoms with Crippen LogP contribution < -0.4 is 4.74 Å². The number of nitrogens with zero attached hydrogens (tertiary/aromatic N) is 1. The summed E-state index contributed by atoms with van der Waals surface area (Å²) in [6, 6.07) is 5.96. The van der Waals surface area contributed by atoms with E-state index in [1.165, 1.54) is 19.2 Å². The molecule has 1 heterocycles. The molecule has 116 valence electrons. The molecule has 2 rings (SSSR count). The van der Waals surface area contributed by atoms with Gasteiger partial charge in [0.1, 0.15) is 18.2 Å². The van der Waals surface area contributed by atoms with Gasteiger partial charge in [-0.1, -0.05) is 13.0 Å². The minimum Gasteiger partial charge on any atom is -0.493 e. The Bertz CT molecular complexity index is 480. The van der Waals surface area contributed by atoms with E-state index < -0.39 is 0 Å². The number of benzene rings is 1. The normalized spacial score (nSPS) is 20.2. The van der Waals surface area contributed by atoms with Gasteiger partial charge in [-0.05, 0) is 37.6 Å². The lowest BCUT2D eigenvalue weighted by atomic mass is 9.92. The van der Waals surface area contributed by atoms with E-state index in [0.29, 0.717) is 5.75 Å². The van der Waals surface area contributed by atoms with Crippen LogP contribution in [0.4, 0.5) is 4.39 Å². The van der Waals surface area contributed by atoms with Crippen LogP contribution in [-0.4, -0.2) is 44.2 Å². The van der Waals surface area contributed by atoms with Crippen molar-refractivity contribution in [2.45, 2.75) is 13.3 Å². The molecule has 4 nitrogen and oxygen atoms in total. The minimum absolute atomic E-state index is 0.221. The largest absolute Gasteiger partial charge is 0.493 e. The SMILES string of the molecule is CCN1CCC(C(COc2cccc(F)c2)C(=O)OC)C1. The number of hydrogen-bond acceptors (Lipinski definition) is 4. The second-order valence-corrected chi connectivity index (χ2v) is 5.34. The first-order chi connectivity index (χ1) is 10.1. The molecule has 5 heteroatoms. The smallest absolute Gasteiger partial charge is 0.312 e. The molecule has 0 aliphatic carbocycles. The van der Waals surface area contributed by atoms with Gasteiger partial charge >= 0.3 is 5.97 Å². The molecule has 1 fully saturated rings. The van der Waals surface area contributed by atoms with Crippen LogP contribution in [0.3, 0.4) is 0 Å². The molecule has 0 bridgehead atoms. The molecular weight excluding hydrogens is 273 g/mol. The van der Waals surface area contributed by atoms with E-state index in [-0.39, 0.29) is 30.2 Å². The van der Waals surface area contributed by atoms with E-state index in [2.05, 4.69) is 11.8 Å². The van der Waals surface area contributed by atoms with Crippen LogP contribution in [-0.2, 0) is 9.53 Å². The van der Waals surface area contributed by atoms with E-state index in [4.69, 9.17) is 9.47 Å². The van der Waals surface area contributed by atoms with Crippen LogP contribution in [0.1, 0.15) is 13.3 Å². The van der Waals surface area contributed by atoms with Crippen LogP contribution in [0, 0.1) is 17.7 Å². The zero-order valence-electron chi connectivity index (χ0n) is 12.5. The van der Waals surface area contributed by atoms with Crippen LogP contribution in [0.2, 0.25) is 0 Å². The van der Waals surface area contributed by atoms with Gasteiger partial charge in [0.05, 0.1) is 13.0 Å². The molecule has 21 heavy (non-hydrogen) atoms. The van der Waals surface area contributed by atoms with Crippen molar-refractivity contribution in [3.63, 3.8) is 0 Å². The molecule has 0 spiro atoms. The highest BCUT2D eigenvalue weighted by atomic mass is 19.1. The van der Waals surface area contributed by atoms with Gasteiger partial charge in [0.25, 0.3) is 0 Å². The fourth-order valence-electron chi connectivity index (χ4n) is 2.77. The van der Waals surface area contributed by atoms with Crippen molar-refractivity contribution in [3.8, 4) is 5.75 Å². The second-order valence-electron chi connectivity index (χ2n) is 5.34. The number of likely N-dealkylation sites (tertiary alicyclic amines) is 1. The van der Waals surface area contributed by atoms with Gasteiger partial charge in [0.15, 0.2) is 0 Å². The lowest BCUT2D eigenvalue weighted by molar-refractivity contribution is -0.148. The average molecular weight is 295 g/mol. The first-order valence-electron chi connectivity index (χ1n) is 7.32. The number of rotatable bonds is 6. The van der Waals surface area contributed by atoms with Crippen molar-refractivity contribution in [2.24, 2.45) is 11.8 Å². The Morgan fingerprint density at radius 2 is 2.33 bits per heavy atom. The summed E-state index contributed by atoms with van der Waals surface area (Å²) in [6.07, 6.45) is 0.958. The van der Waals surface area contributed by atoms with Crippen molar-refractivity contribution in [3.05, 3.63) is 30.1 Å². The number of halogens is 1. The zero-order chi connectivity index (χ0) is 15.2. The van der Waals surface area contributed by atoms with E-state index in [1.807, 2.05) is 0 Å². The van der Waals surface area contributed by atoms with Crippen LogP contribution in [0.5, 0.6) is 5.75 Å². The van der Waals surface area contributed by atoms with Gasteiger partial charge in [-0.2, -0.15) is 0 Å². The molecular formula is C16H22FNO3. The van der Waals surface area contributed by atoms with Gasteiger partial charge in [-0.3, -0.25) is 4.79 Å². The van der Waals surface area contributed by atoms with Gasteiger partial charge in [0.2, 0.25) is 0 Å². The monoisotopic (exact) mass is 295 g/mol. The Hall–Kier alpha value is -1.62. The van der Waals surface area contributed by atoms with Gasteiger partial charge < -0.3 is 14.4 Å². The van der Waals surface area contributed by atoms with E-state index in [9.17, 15) is 9.18 Å². The van der Waals surface area contributed by atoms with Gasteiger partial charge in [0, 0.05) is 12.6 Å². The first kappa shape index (κ1) is 15.8. The summed E-state index contributed by atoms with van der Waals surface area (Å²) < 4.78 is 23.6. The highest BCUT2D eigenvalue weighted by Gasteiger charge is 2.34. The maximum absolute atomic E-state index is 13.1. The summed E-state index contributed by atoms with van der Waals surface area (Å²) in [5.41, 5.74) is 0. The summed E-state index contributed by atoms with van der Waals surface area (Å²) in [5.74, 6) is -0.246. The summed E-state index contributed by atoms with van der Waals surface area (Å²) in [4.78, 5) is 14.3. The summed E-state index contributed by atoms with van der Waals surface area (Å²) in [6.45, 7) is 5.18. The standard InChI is InChI=1S/C16H22FNO3/c1-3-18-8-7-12(10-18)15(16(19)20-2)11-21-14-6-4-5-13(17)9-14/h4-6,9,12,15H,3,7-8,10-11H2,1-2H3. The number of ether oxygens (including phenoxy) is 2. The van der Waals surface area contributed by atoms with Crippen LogP contribution in [0.25, 0.3) is 0 Å². The van der Waals surface area contributed by atoms with Crippen molar-refractivity contribution < 1.29 is 18.7 Å². The van der Waals surface area contributed by atoms with Crippen molar-refractivity contribution in [2.75, 3.05) is 33.4 Å². The molecule has 1 aromatic rings. The Morgan fingerprint density at radius 1 is 1.52 bits per heavy atom. The molecule has 0 N–H and O–H groups in total. The van der Waals surface area contributed by atoms with Gasteiger partial charge in [-0.25, -0.2) is 4.39 Å². The minimum atomic E-state index is -0.347. The Morgan fingerprint density at radius 3 is 2.95 bits per heavy atom. The Kier molecular flexibility index (Phi) is 5.56. The quantitative estimate of drug-likeness (QED) is 0.755. The molecule has 2 atom stereocenters. The first-order valence-corrected chi connectivity index (χ1v) is 7.32. The number of esters is 1. The second kappa shape index (κ2) is 7.41. The molecule has 0 aromatic heterocycles. The molecule has 1 saturated heterocycles. The number of carbonyl (C=O) groups excluding carboxylic acids is 1. The maximum atomic E-state index is 13.1. The topological polar surface area (TPSA) is 38.8 Å². The third kappa shape index (κ3) is 4.17. The summed E-state index contributed by atoms with van der Waals surface area (Å²) in [5, 5.41) is 0. The average Bonchev–Trinajstić information content (AvgIpc) is 2.96. The number of hydrogen-bond donors (Lipinski definition) is 0. The summed E-state index contributed by atoms with van der Waals surface area (Å²) >= 11 is 0. The number of methoxy groups -OCH3 is 1. The third-order valence-corrected chi connectivity index (χ3v) is 4.05. The molecule has 0 saturated carbocycles. The molecule has 1 aliphatic heterocycles. The number of carbonyl (C=O) groups is 1. The predicted molar refractivity (Wildman–Crippen MR) is 77.6 cm³/mol. The van der Waals surface area contributed by atoms with Crippen LogP contribution >= 0.6 is 0 Å². The fraction of sp³-hybridized carbons (Fsp3) is 0.562. The molecule has 1 aromatic carbocycles.